The normalized spacial score (nSPS) is 49.3. The van der Waals surface area contributed by atoms with Gasteiger partial charge in [-0.2, -0.15) is 0 Å². The summed E-state index contributed by atoms with van der Waals surface area (Å²) in [6.07, 6.45) is 7.99. The summed E-state index contributed by atoms with van der Waals surface area (Å²) in [5.74, 6) is 1.26. The molecule has 3 rings (SSSR count). The van der Waals surface area contributed by atoms with E-state index < -0.39 is 5.60 Å². The van der Waals surface area contributed by atoms with Crippen LogP contribution in [0.3, 0.4) is 0 Å². The molecule has 2 bridgehead atoms. The second-order valence-corrected chi connectivity index (χ2v) is 5.80. The van der Waals surface area contributed by atoms with E-state index >= 15 is 0 Å². The largest absolute Gasteiger partial charge is 0.396 e. The molecule has 3 atom stereocenters. The molecule has 3 unspecified atom stereocenters. The number of aliphatic hydroxyl groups is 2. The molecule has 2 nitrogen and oxygen atoms in total. The molecule has 0 aliphatic heterocycles. The third-order valence-electron chi connectivity index (χ3n) is 5.35. The monoisotopic (exact) mass is 196 g/mol. The van der Waals surface area contributed by atoms with Crippen LogP contribution in [0.1, 0.15) is 44.9 Å². The number of hydrogen-bond donors (Lipinski definition) is 2. The zero-order valence-electron chi connectivity index (χ0n) is 8.71. The summed E-state index contributed by atoms with van der Waals surface area (Å²) in [4.78, 5) is 0. The fraction of sp³-hybridized carbons (Fsp3) is 1.00. The number of hydrogen-bond acceptors (Lipinski definition) is 2. The Morgan fingerprint density at radius 2 is 2.00 bits per heavy atom. The minimum Gasteiger partial charge on any atom is -0.396 e. The lowest BCUT2D eigenvalue weighted by Gasteiger charge is -2.54. The maximum absolute atomic E-state index is 10.8. The Morgan fingerprint density at radius 3 is 2.36 bits per heavy atom. The topological polar surface area (TPSA) is 40.5 Å². The van der Waals surface area contributed by atoms with Crippen molar-refractivity contribution in [3.05, 3.63) is 0 Å². The average molecular weight is 196 g/mol. The first-order valence-corrected chi connectivity index (χ1v) is 6.03. The van der Waals surface area contributed by atoms with Gasteiger partial charge in [-0.3, -0.25) is 0 Å². The maximum atomic E-state index is 10.8. The van der Waals surface area contributed by atoms with Crippen molar-refractivity contribution in [1.82, 2.24) is 0 Å². The lowest BCUT2D eigenvalue weighted by Crippen LogP contribution is -2.57. The van der Waals surface area contributed by atoms with Gasteiger partial charge in [0.1, 0.15) is 0 Å². The summed E-state index contributed by atoms with van der Waals surface area (Å²) in [6.45, 7) is 0.201. The van der Waals surface area contributed by atoms with Crippen LogP contribution in [-0.2, 0) is 0 Å². The smallest absolute Gasteiger partial charge is 0.0756 e. The van der Waals surface area contributed by atoms with Crippen molar-refractivity contribution in [2.45, 2.75) is 50.5 Å². The Hall–Kier alpha value is -0.0800. The van der Waals surface area contributed by atoms with E-state index in [1.165, 1.54) is 25.7 Å². The predicted molar refractivity (Wildman–Crippen MR) is 53.8 cm³/mol. The molecule has 3 fully saturated rings. The molecule has 0 spiro atoms. The minimum absolute atomic E-state index is 0.104. The van der Waals surface area contributed by atoms with Crippen LogP contribution >= 0.6 is 0 Å². The molecule has 2 heteroatoms. The third-order valence-corrected chi connectivity index (χ3v) is 5.35. The van der Waals surface area contributed by atoms with Gasteiger partial charge in [-0.15, -0.1) is 0 Å². The Bertz CT molecular complexity index is 241. The van der Waals surface area contributed by atoms with Crippen LogP contribution < -0.4 is 0 Å². The van der Waals surface area contributed by atoms with Crippen molar-refractivity contribution in [3.63, 3.8) is 0 Å². The highest BCUT2D eigenvalue weighted by Gasteiger charge is 2.62. The molecule has 0 heterocycles. The molecule has 0 radical (unpaired) electrons. The van der Waals surface area contributed by atoms with Crippen LogP contribution in [0.15, 0.2) is 0 Å². The van der Waals surface area contributed by atoms with Gasteiger partial charge >= 0.3 is 0 Å². The summed E-state index contributed by atoms with van der Waals surface area (Å²) < 4.78 is 0. The van der Waals surface area contributed by atoms with Crippen molar-refractivity contribution in [3.8, 4) is 0 Å². The lowest BCUT2D eigenvalue weighted by molar-refractivity contribution is -0.178. The van der Waals surface area contributed by atoms with Crippen molar-refractivity contribution in [2.24, 2.45) is 17.3 Å². The maximum Gasteiger partial charge on any atom is 0.0756 e. The SMILES string of the molecule is OCC1(C2(O)CC3CCC2C3)CCC1. The lowest BCUT2D eigenvalue weighted by atomic mass is 9.55. The summed E-state index contributed by atoms with van der Waals surface area (Å²) in [5.41, 5.74) is -0.601. The van der Waals surface area contributed by atoms with Crippen molar-refractivity contribution >= 4 is 0 Å². The highest BCUT2D eigenvalue weighted by Crippen LogP contribution is 2.63. The molecule has 3 saturated carbocycles. The van der Waals surface area contributed by atoms with E-state index in [0.717, 1.165) is 25.2 Å². The van der Waals surface area contributed by atoms with E-state index in [1.807, 2.05) is 0 Å². The quantitative estimate of drug-likeness (QED) is 0.705. The highest BCUT2D eigenvalue weighted by molar-refractivity contribution is 5.13. The Labute approximate surface area is 85.3 Å². The van der Waals surface area contributed by atoms with Gasteiger partial charge in [0.2, 0.25) is 0 Å². The van der Waals surface area contributed by atoms with Crippen molar-refractivity contribution in [2.75, 3.05) is 6.61 Å². The zero-order valence-corrected chi connectivity index (χ0v) is 8.71. The van der Waals surface area contributed by atoms with Gasteiger partial charge in [0, 0.05) is 5.41 Å². The van der Waals surface area contributed by atoms with E-state index in [0.29, 0.717) is 5.92 Å². The van der Waals surface area contributed by atoms with E-state index in [9.17, 15) is 10.2 Å². The van der Waals surface area contributed by atoms with Gasteiger partial charge in [0.05, 0.1) is 12.2 Å². The first-order chi connectivity index (χ1) is 6.70. The number of fused-ring (bicyclic) bond motifs is 2. The molecule has 0 aromatic heterocycles. The van der Waals surface area contributed by atoms with Crippen LogP contribution in [0.25, 0.3) is 0 Å². The van der Waals surface area contributed by atoms with Crippen LogP contribution in [0.4, 0.5) is 0 Å². The van der Waals surface area contributed by atoms with Crippen molar-refractivity contribution in [1.29, 1.82) is 0 Å². The van der Waals surface area contributed by atoms with Gasteiger partial charge < -0.3 is 10.2 Å². The predicted octanol–water partition coefficient (Wildman–Crippen LogP) is 1.70. The second kappa shape index (κ2) is 2.73. The Balaban J connectivity index is 1.89. The fourth-order valence-electron chi connectivity index (χ4n) is 4.28. The van der Waals surface area contributed by atoms with Gasteiger partial charge in [-0.25, -0.2) is 0 Å². The number of rotatable bonds is 2. The second-order valence-electron chi connectivity index (χ2n) is 5.80. The van der Waals surface area contributed by atoms with Crippen LogP contribution in [0.2, 0.25) is 0 Å². The molecule has 80 valence electrons. The molecule has 3 aliphatic carbocycles. The Kier molecular flexibility index (Phi) is 1.79. The molecule has 14 heavy (non-hydrogen) atoms. The van der Waals surface area contributed by atoms with Gasteiger partial charge in [-0.05, 0) is 50.4 Å². The highest BCUT2D eigenvalue weighted by atomic mass is 16.3. The summed E-state index contributed by atoms with van der Waals surface area (Å²) in [5, 5.41) is 20.3. The van der Waals surface area contributed by atoms with Crippen LogP contribution in [0, 0.1) is 17.3 Å². The van der Waals surface area contributed by atoms with E-state index in [-0.39, 0.29) is 12.0 Å². The Morgan fingerprint density at radius 1 is 1.21 bits per heavy atom. The molecule has 0 amide bonds. The van der Waals surface area contributed by atoms with E-state index in [2.05, 4.69) is 0 Å². The van der Waals surface area contributed by atoms with E-state index in [1.54, 1.807) is 0 Å². The molecule has 3 aliphatic rings. The number of aliphatic hydroxyl groups excluding tert-OH is 1. The van der Waals surface area contributed by atoms with Gasteiger partial charge in [-0.1, -0.05) is 6.42 Å². The average Bonchev–Trinajstić information content (AvgIpc) is 2.62. The molecule has 2 N–H and O–H groups in total. The minimum atomic E-state index is -0.497. The molecular formula is C12H20O2. The molecular weight excluding hydrogens is 176 g/mol. The van der Waals surface area contributed by atoms with Crippen LogP contribution in [-0.4, -0.2) is 22.4 Å². The zero-order chi connectivity index (χ0) is 9.81. The fourth-order valence-corrected chi connectivity index (χ4v) is 4.28. The molecule has 0 aromatic rings. The van der Waals surface area contributed by atoms with Crippen LogP contribution in [0.5, 0.6) is 0 Å². The summed E-state index contributed by atoms with van der Waals surface area (Å²) in [7, 11) is 0. The first-order valence-electron chi connectivity index (χ1n) is 6.03. The summed E-state index contributed by atoms with van der Waals surface area (Å²) >= 11 is 0. The first kappa shape index (κ1) is 9.17. The van der Waals surface area contributed by atoms with Gasteiger partial charge in [0.25, 0.3) is 0 Å². The van der Waals surface area contributed by atoms with E-state index in [4.69, 9.17) is 0 Å². The molecule has 0 aromatic carbocycles. The standard InChI is InChI=1S/C12H20O2/c13-8-11(4-1-5-11)12(14)7-9-2-3-10(12)6-9/h9-10,13-14H,1-8H2. The van der Waals surface area contributed by atoms with Gasteiger partial charge in [0.15, 0.2) is 0 Å². The van der Waals surface area contributed by atoms with Crippen molar-refractivity contribution < 1.29 is 10.2 Å². The molecule has 0 saturated heterocycles. The third kappa shape index (κ3) is 0.892. The summed E-state index contributed by atoms with van der Waals surface area (Å²) in [6, 6.07) is 0.